The monoisotopic (exact) mass is 443 g/mol. The number of imidazole rings is 1. The highest BCUT2D eigenvalue weighted by molar-refractivity contribution is 5.91. The van der Waals surface area contributed by atoms with Gasteiger partial charge in [-0.3, -0.25) is 10.1 Å². The number of methoxy groups -OCH3 is 2. The standard InChI is InChI=1S/C24H21N5O4/c1-14-9-16(15(2)28(14)22-11-18(29(30)31)5-8-23(22)33-4)10-17(13-25)24-26-20-7-6-19(32-3)12-21(20)27-24/h5-12H,1-4H3,(H,26,27)/b17-10-. The summed E-state index contributed by atoms with van der Waals surface area (Å²) in [7, 11) is 3.11. The Kier molecular flexibility index (Phi) is 5.58. The third-order valence-corrected chi connectivity index (χ3v) is 5.45. The van der Waals surface area contributed by atoms with Gasteiger partial charge in [0.1, 0.15) is 23.4 Å². The molecule has 0 fully saturated rings. The van der Waals surface area contributed by atoms with Gasteiger partial charge in [0.25, 0.3) is 5.69 Å². The fourth-order valence-corrected chi connectivity index (χ4v) is 3.82. The molecule has 0 saturated carbocycles. The third kappa shape index (κ3) is 3.90. The van der Waals surface area contributed by atoms with Crippen LogP contribution in [0.1, 0.15) is 22.8 Å². The second kappa shape index (κ2) is 8.51. The number of allylic oxidation sites excluding steroid dienone is 1. The number of aromatic amines is 1. The number of non-ortho nitro benzene ring substituents is 1. The highest BCUT2D eigenvalue weighted by atomic mass is 16.6. The number of hydrogen-bond donors (Lipinski definition) is 1. The van der Waals surface area contributed by atoms with Crippen LogP contribution in [0.5, 0.6) is 11.5 Å². The average molecular weight is 443 g/mol. The van der Waals surface area contributed by atoms with Crippen LogP contribution in [-0.4, -0.2) is 33.7 Å². The second-order valence-corrected chi connectivity index (χ2v) is 7.41. The van der Waals surface area contributed by atoms with E-state index >= 15 is 0 Å². The molecule has 0 aliphatic rings. The van der Waals surface area contributed by atoms with E-state index in [1.807, 2.05) is 42.7 Å². The molecular weight excluding hydrogens is 422 g/mol. The fraction of sp³-hybridized carbons (Fsp3) is 0.167. The summed E-state index contributed by atoms with van der Waals surface area (Å²) in [4.78, 5) is 18.6. The van der Waals surface area contributed by atoms with Crippen molar-refractivity contribution in [3.63, 3.8) is 0 Å². The molecule has 2 heterocycles. The number of ether oxygens (including phenoxy) is 2. The van der Waals surface area contributed by atoms with Gasteiger partial charge in [0.15, 0.2) is 0 Å². The van der Waals surface area contributed by atoms with Crippen molar-refractivity contribution in [2.45, 2.75) is 13.8 Å². The molecule has 0 bridgehead atoms. The summed E-state index contributed by atoms with van der Waals surface area (Å²) in [6, 6.07) is 14.0. The van der Waals surface area contributed by atoms with Crippen LogP contribution in [0.2, 0.25) is 0 Å². The maximum absolute atomic E-state index is 11.3. The minimum atomic E-state index is -0.442. The van der Waals surface area contributed by atoms with Crippen LogP contribution in [0.25, 0.3) is 28.4 Å². The van der Waals surface area contributed by atoms with Crippen molar-refractivity contribution < 1.29 is 14.4 Å². The number of benzene rings is 2. The summed E-state index contributed by atoms with van der Waals surface area (Å²) in [5.41, 5.74) is 4.78. The van der Waals surface area contributed by atoms with Crippen LogP contribution in [0.4, 0.5) is 5.69 Å². The number of nitriles is 1. The molecule has 4 rings (SSSR count). The molecular formula is C24H21N5O4. The molecule has 2 aromatic heterocycles. The summed E-state index contributed by atoms with van der Waals surface area (Å²) in [5.74, 6) is 1.64. The molecule has 0 aliphatic carbocycles. The summed E-state index contributed by atoms with van der Waals surface area (Å²) >= 11 is 0. The number of rotatable bonds is 6. The number of nitrogens with zero attached hydrogens (tertiary/aromatic N) is 4. The van der Waals surface area contributed by atoms with Crippen molar-refractivity contribution in [1.82, 2.24) is 14.5 Å². The van der Waals surface area contributed by atoms with E-state index in [4.69, 9.17) is 9.47 Å². The van der Waals surface area contributed by atoms with Crippen LogP contribution < -0.4 is 9.47 Å². The Morgan fingerprint density at radius 2 is 1.97 bits per heavy atom. The van der Waals surface area contributed by atoms with Gasteiger partial charge in [-0.2, -0.15) is 5.26 Å². The predicted octanol–water partition coefficient (Wildman–Crippen LogP) is 4.96. The molecule has 0 atom stereocenters. The normalized spacial score (nSPS) is 11.4. The number of fused-ring (bicyclic) bond motifs is 1. The Morgan fingerprint density at radius 3 is 2.64 bits per heavy atom. The number of nitro groups is 1. The topological polar surface area (TPSA) is 119 Å². The number of hydrogen-bond acceptors (Lipinski definition) is 6. The lowest BCUT2D eigenvalue weighted by Crippen LogP contribution is -2.03. The lowest BCUT2D eigenvalue weighted by molar-refractivity contribution is -0.384. The molecule has 166 valence electrons. The van der Waals surface area contributed by atoms with Crippen LogP contribution in [0.15, 0.2) is 42.5 Å². The Labute approximate surface area is 189 Å². The van der Waals surface area contributed by atoms with Crippen molar-refractivity contribution in [3.05, 3.63) is 75.4 Å². The first-order valence-electron chi connectivity index (χ1n) is 10.0. The van der Waals surface area contributed by atoms with E-state index in [9.17, 15) is 15.4 Å². The van der Waals surface area contributed by atoms with Crippen LogP contribution in [0.3, 0.4) is 0 Å². The smallest absolute Gasteiger partial charge is 0.271 e. The van der Waals surface area contributed by atoms with Crippen LogP contribution in [0, 0.1) is 35.3 Å². The highest BCUT2D eigenvalue weighted by Crippen LogP contribution is 2.32. The van der Waals surface area contributed by atoms with Crippen molar-refractivity contribution in [1.29, 1.82) is 5.26 Å². The number of aryl methyl sites for hydroxylation is 1. The average Bonchev–Trinajstić information content (AvgIpc) is 3.36. The first kappa shape index (κ1) is 21.6. The largest absolute Gasteiger partial charge is 0.497 e. The summed E-state index contributed by atoms with van der Waals surface area (Å²) in [5, 5.41) is 21.1. The van der Waals surface area contributed by atoms with Crippen LogP contribution >= 0.6 is 0 Å². The van der Waals surface area contributed by atoms with Gasteiger partial charge in [-0.1, -0.05) is 0 Å². The van der Waals surface area contributed by atoms with E-state index in [1.165, 1.54) is 19.2 Å². The van der Waals surface area contributed by atoms with Gasteiger partial charge in [0.2, 0.25) is 0 Å². The minimum absolute atomic E-state index is 0.0363. The van der Waals surface area contributed by atoms with Gasteiger partial charge in [-0.05, 0) is 49.8 Å². The number of H-pyrrole nitrogens is 1. The van der Waals surface area contributed by atoms with E-state index in [1.54, 1.807) is 19.3 Å². The molecule has 0 aliphatic heterocycles. The summed E-state index contributed by atoms with van der Waals surface area (Å²) < 4.78 is 12.6. The molecule has 0 radical (unpaired) electrons. The predicted molar refractivity (Wildman–Crippen MR) is 125 cm³/mol. The van der Waals surface area contributed by atoms with E-state index in [2.05, 4.69) is 16.0 Å². The summed E-state index contributed by atoms with van der Waals surface area (Å²) in [6.45, 7) is 3.78. The number of nitrogens with one attached hydrogen (secondary N) is 1. The molecule has 0 unspecified atom stereocenters. The molecule has 0 amide bonds. The highest BCUT2D eigenvalue weighted by Gasteiger charge is 2.18. The Balaban J connectivity index is 1.82. The second-order valence-electron chi connectivity index (χ2n) is 7.41. The quantitative estimate of drug-likeness (QED) is 0.256. The van der Waals surface area contributed by atoms with Crippen LogP contribution in [-0.2, 0) is 0 Å². The van der Waals surface area contributed by atoms with Gasteiger partial charge in [0, 0.05) is 29.6 Å². The van der Waals surface area contributed by atoms with Gasteiger partial charge in [0.05, 0.1) is 41.4 Å². The van der Waals surface area contributed by atoms with E-state index < -0.39 is 4.92 Å². The SMILES string of the molecule is COc1ccc2nc(/C(C#N)=C\c3cc(C)n(-c4cc([N+](=O)[O-])ccc4OC)c3C)[nH]c2c1. The lowest BCUT2D eigenvalue weighted by Gasteiger charge is -2.13. The fourth-order valence-electron chi connectivity index (χ4n) is 3.82. The van der Waals surface area contributed by atoms with E-state index in [-0.39, 0.29) is 5.69 Å². The Hall–Kier alpha value is -4.58. The minimum Gasteiger partial charge on any atom is -0.497 e. The van der Waals surface area contributed by atoms with Crippen molar-refractivity contribution in [3.8, 4) is 23.3 Å². The zero-order chi connectivity index (χ0) is 23.7. The number of aromatic nitrogens is 3. The van der Waals surface area contributed by atoms with Gasteiger partial charge >= 0.3 is 0 Å². The van der Waals surface area contributed by atoms with Gasteiger partial charge in [-0.15, -0.1) is 0 Å². The zero-order valence-corrected chi connectivity index (χ0v) is 18.5. The maximum atomic E-state index is 11.3. The maximum Gasteiger partial charge on any atom is 0.271 e. The van der Waals surface area contributed by atoms with E-state index in [0.29, 0.717) is 28.6 Å². The molecule has 9 nitrogen and oxygen atoms in total. The van der Waals surface area contributed by atoms with Gasteiger partial charge < -0.3 is 19.0 Å². The first-order chi connectivity index (χ1) is 15.9. The van der Waals surface area contributed by atoms with E-state index in [0.717, 1.165) is 28.0 Å². The van der Waals surface area contributed by atoms with Crippen molar-refractivity contribution >= 4 is 28.4 Å². The van der Waals surface area contributed by atoms with Crippen molar-refractivity contribution in [2.24, 2.45) is 0 Å². The molecule has 0 saturated heterocycles. The third-order valence-electron chi connectivity index (χ3n) is 5.45. The van der Waals surface area contributed by atoms with Crippen molar-refractivity contribution in [2.75, 3.05) is 14.2 Å². The number of nitro benzene ring substituents is 1. The Morgan fingerprint density at radius 1 is 1.18 bits per heavy atom. The first-order valence-corrected chi connectivity index (χ1v) is 10.0. The lowest BCUT2D eigenvalue weighted by atomic mass is 10.1. The molecule has 33 heavy (non-hydrogen) atoms. The van der Waals surface area contributed by atoms with Gasteiger partial charge in [-0.25, -0.2) is 4.98 Å². The Bertz CT molecular complexity index is 1460. The zero-order valence-electron chi connectivity index (χ0n) is 18.5. The summed E-state index contributed by atoms with van der Waals surface area (Å²) in [6.07, 6.45) is 1.75. The molecule has 0 spiro atoms. The molecule has 1 N–H and O–H groups in total. The molecule has 2 aromatic carbocycles. The molecule has 4 aromatic rings. The molecule has 9 heteroatoms.